The molecule has 6 nitrogen and oxygen atoms in total. The largest absolute Gasteiger partial charge is 0.497 e. The Bertz CT molecular complexity index is 1020. The van der Waals surface area contributed by atoms with Crippen molar-refractivity contribution >= 4 is 17.5 Å². The molecule has 1 saturated heterocycles. The number of likely N-dealkylation sites (tertiary alicyclic amines) is 1. The van der Waals surface area contributed by atoms with E-state index in [1.54, 1.807) is 24.3 Å². The minimum absolute atomic E-state index is 0.00248. The Hall–Kier alpha value is -3.54. The van der Waals surface area contributed by atoms with Crippen molar-refractivity contribution in [1.82, 2.24) is 9.88 Å². The lowest BCUT2D eigenvalue weighted by Gasteiger charge is -2.31. The fourth-order valence-corrected chi connectivity index (χ4v) is 3.85. The van der Waals surface area contributed by atoms with Crippen molar-refractivity contribution in [3.8, 4) is 16.9 Å². The van der Waals surface area contributed by atoms with Gasteiger partial charge in [-0.05, 0) is 48.7 Å². The first-order valence-corrected chi connectivity index (χ1v) is 10.1. The van der Waals surface area contributed by atoms with Crippen LogP contribution in [0.4, 0.5) is 5.69 Å². The summed E-state index contributed by atoms with van der Waals surface area (Å²) in [6.07, 6.45) is 3.05. The van der Waals surface area contributed by atoms with Gasteiger partial charge < -0.3 is 19.9 Å². The summed E-state index contributed by atoms with van der Waals surface area (Å²) in [4.78, 5) is 30.2. The predicted molar refractivity (Wildman–Crippen MR) is 116 cm³/mol. The summed E-state index contributed by atoms with van der Waals surface area (Å²) >= 11 is 0. The van der Waals surface area contributed by atoms with Crippen LogP contribution in [0.25, 0.3) is 11.1 Å². The highest BCUT2D eigenvalue weighted by Crippen LogP contribution is 2.31. The molecule has 3 aromatic rings. The van der Waals surface area contributed by atoms with Gasteiger partial charge in [-0.25, -0.2) is 0 Å². The number of H-pyrrole nitrogens is 1. The minimum Gasteiger partial charge on any atom is -0.497 e. The number of carbonyl (C=O) groups excluding carboxylic acids is 2. The molecule has 1 aliphatic heterocycles. The van der Waals surface area contributed by atoms with Crippen LogP contribution >= 0.6 is 0 Å². The van der Waals surface area contributed by atoms with Crippen molar-refractivity contribution in [2.75, 3.05) is 25.5 Å². The standard InChI is InChI=1S/C24H25N3O3/c1-30-19-7-4-6-18(16-19)20-8-2-3-9-21(20)26-23(28)17-11-14-27(15-12-17)24(29)22-10-5-13-25-22/h2-10,13,16-17,25H,11-12,14-15H2,1H3,(H,26,28). The number of methoxy groups -OCH3 is 1. The number of piperidine rings is 1. The molecule has 2 amide bonds. The summed E-state index contributed by atoms with van der Waals surface area (Å²) in [7, 11) is 1.64. The molecule has 1 fully saturated rings. The van der Waals surface area contributed by atoms with E-state index < -0.39 is 0 Å². The van der Waals surface area contributed by atoms with Crippen molar-refractivity contribution in [1.29, 1.82) is 0 Å². The van der Waals surface area contributed by atoms with Gasteiger partial charge in [0.25, 0.3) is 5.91 Å². The number of hydrogen-bond donors (Lipinski definition) is 2. The van der Waals surface area contributed by atoms with E-state index >= 15 is 0 Å². The first-order chi connectivity index (χ1) is 14.7. The van der Waals surface area contributed by atoms with Crippen LogP contribution in [-0.4, -0.2) is 41.9 Å². The molecule has 6 heteroatoms. The quantitative estimate of drug-likeness (QED) is 0.671. The fourth-order valence-electron chi connectivity index (χ4n) is 3.85. The van der Waals surface area contributed by atoms with Crippen molar-refractivity contribution in [3.05, 3.63) is 72.6 Å². The molecule has 2 aromatic carbocycles. The average Bonchev–Trinajstić information content (AvgIpc) is 3.34. The van der Waals surface area contributed by atoms with E-state index in [0.29, 0.717) is 31.6 Å². The molecule has 0 atom stereocenters. The van der Waals surface area contributed by atoms with E-state index in [9.17, 15) is 9.59 Å². The zero-order chi connectivity index (χ0) is 20.9. The monoisotopic (exact) mass is 403 g/mol. The molecule has 2 heterocycles. The van der Waals surface area contributed by atoms with Gasteiger partial charge >= 0.3 is 0 Å². The molecular formula is C24H25N3O3. The van der Waals surface area contributed by atoms with Crippen LogP contribution in [-0.2, 0) is 4.79 Å². The summed E-state index contributed by atoms with van der Waals surface area (Å²) in [6, 6.07) is 19.1. The molecule has 154 valence electrons. The normalized spacial score (nSPS) is 14.4. The van der Waals surface area contributed by atoms with E-state index in [4.69, 9.17) is 4.74 Å². The van der Waals surface area contributed by atoms with E-state index in [1.807, 2.05) is 54.6 Å². The van der Waals surface area contributed by atoms with Gasteiger partial charge in [-0.15, -0.1) is 0 Å². The van der Waals surface area contributed by atoms with E-state index in [2.05, 4.69) is 10.3 Å². The van der Waals surface area contributed by atoms with Crippen LogP contribution in [0, 0.1) is 5.92 Å². The molecule has 1 aliphatic rings. The Balaban J connectivity index is 1.42. The maximum Gasteiger partial charge on any atom is 0.270 e. The van der Waals surface area contributed by atoms with Crippen LogP contribution in [0.5, 0.6) is 5.75 Å². The van der Waals surface area contributed by atoms with Crippen molar-refractivity contribution in [3.63, 3.8) is 0 Å². The first kappa shape index (κ1) is 19.8. The van der Waals surface area contributed by atoms with Crippen LogP contribution in [0.1, 0.15) is 23.3 Å². The fraction of sp³-hybridized carbons (Fsp3) is 0.250. The van der Waals surface area contributed by atoms with Crippen LogP contribution in [0.3, 0.4) is 0 Å². The number of amides is 2. The molecule has 0 radical (unpaired) electrons. The second-order valence-corrected chi connectivity index (χ2v) is 7.42. The molecule has 0 aliphatic carbocycles. The SMILES string of the molecule is COc1cccc(-c2ccccc2NC(=O)C2CCN(C(=O)c3ccc[nH]3)CC2)c1. The Morgan fingerprint density at radius 2 is 1.83 bits per heavy atom. The summed E-state index contributed by atoms with van der Waals surface area (Å²) in [6.45, 7) is 1.15. The Labute approximate surface area is 175 Å². The number of rotatable bonds is 5. The maximum atomic E-state index is 12.9. The summed E-state index contributed by atoms with van der Waals surface area (Å²) in [5.74, 6) is 0.642. The number of aromatic nitrogens is 1. The number of nitrogens with one attached hydrogen (secondary N) is 2. The Morgan fingerprint density at radius 3 is 2.57 bits per heavy atom. The van der Waals surface area contributed by atoms with Crippen molar-refractivity contribution in [2.45, 2.75) is 12.8 Å². The van der Waals surface area contributed by atoms with E-state index in [1.165, 1.54) is 0 Å². The molecule has 0 bridgehead atoms. The molecule has 30 heavy (non-hydrogen) atoms. The molecular weight excluding hydrogens is 378 g/mol. The highest BCUT2D eigenvalue weighted by atomic mass is 16.5. The minimum atomic E-state index is -0.115. The van der Waals surface area contributed by atoms with Gasteiger partial charge in [0.1, 0.15) is 11.4 Å². The van der Waals surface area contributed by atoms with Crippen LogP contribution in [0.2, 0.25) is 0 Å². The number of nitrogens with zero attached hydrogens (tertiary/aromatic N) is 1. The second-order valence-electron chi connectivity index (χ2n) is 7.42. The van der Waals surface area contributed by atoms with Gasteiger partial charge in [0.15, 0.2) is 0 Å². The molecule has 2 N–H and O–H groups in total. The lowest BCUT2D eigenvalue weighted by atomic mass is 9.95. The molecule has 0 saturated carbocycles. The third kappa shape index (κ3) is 4.22. The highest BCUT2D eigenvalue weighted by molar-refractivity contribution is 5.97. The van der Waals surface area contributed by atoms with Gasteiger partial charge in [-0.1, -0.05) is 30.3 Å². The number of anilines is 1. The van der Waals surface area contributed by atoms with Gasteiger partial charge in [0.2, 0.25) is 5.91 Å². The average molecular weight is 403 g/mol. The smallest absolute Gasteiger partial charge is 0.270 e. The van der Waals surface area contributed by atoms with Crippen molar-refractivity contribution in [2.24, 2.45) is 5.92 Å². The number of para-hydroxylation sites is 1. The molecule has 0 unspecified atom stereocenters. The predicted octanol–water partition coefficient (Wildman–Crippen LogP) is 4.18. The molecule has 1 aromatic heterocycles. The number of benzene rings is 2. The van der Waals surface area contributed by atoms with Crippen LogP contribution < -0.4 is 10.1 Å². The molecule has 0 spiro atoms. The first-order valence-electron chi connectivity index (χ1n) is 10.1. The van der Waals surface area contributed by atoms with Gasteiger partial charge in [-0.2, -0.15) is 0 Å². The second kappa shape index (κ2) is 8.86. The number of ether oxygens (including phenoxy) is 1. The van der Waals surface area contributed by atoms with Crippen LogP contribution in [0.15, 0.2) is 66.9 Å². The van der Waals surface area contributed by atoms with E-state index in [-0.39, 0.29) is 17.7 Å². The Morgan fingerprint density at radius 1 is 1.03 bits per heavy atom. The topological polar surface area (TPSA) is 74.4 Å². The van der Waals surface area contributed by atoms with Gasteiger partial charge in [0.05, 0.1) is 7.11 Å². The summed E-state index contributed by atoms with van der Waals surface area (Å²) in [5, 5.41) is 3.10. The third-order valence-electron chi connectivity index (χ3n) is 5.55. The summed E-state index contributed by atoms with van der Waals surface area (Å²) < 4.78 is 5.33. The number of aromatic amines is 1. The zero-order valence-electron chi connectivity index (χ0n) is 16.9. The highest BCUT2D eigenvalue weighted by Gasteiger charge is 2.28. The Kier molecular flexibility index (Phi) is 5.84. The van der Waals surface area contributed by atoms with Gasteiger partial charge in [0, 0.05) is 36.5 Å². The summed E-state index contributed by atoms with van der Waals surface area (Å²) in [5.41, 5.74) is 3.30. The maximum absolute atomic E-state index is 12.9. The number of carbonyl (C=O) groups is 2. The third-order valence-corrected chi connectivity index (χ3v) is 5.55. The zero-order valence-corrected chi connectivity index (χ0v) is 16.9. The van der Waals surface area contributed by atoms with E-state index in [0.717, 1.165) is 22.6 Å². The lowest BCUT2D eigenvalue weighted by molar-refractivity contribution is -0.121. The lowest BCUT2D eigenvalue weighted by Crippen LogP contribution is -2.41. The number of hydrogen-bond acceptors (Lipinski definition) is 3. The van der Waals surface area contributed by atoms with Crippen molar-refractivity contribution < 1.29 is 14.3 Å². The molecule has 4 rings (SSSR count). The van der Waals surface area contributed by atoms with Gasteiger partial charge in [-0.3, -0.25) is 9.59 Å².